The van der Waals surface area contributed by atoms with Crippen LogP contribution in [0, 0.1) is 5.92 Å². The maximum absolute atomic E-state index is 11.4. The van der Waals surface area contributed by atoms with Gasteiger partial charge in [0.2, 0.25) is 5.91 Å². The molecule has 1 amide bonds. The van der Waals surface area contributed by atoms with Crippen LogP contribution in [0.15, 0.2) is 0 Å². The predicted molar refractivity (Wildman–Crippen MR) is 53.8 cm³/mol. The summed E-state index contributed by atoms with van der Waals surface area (Å²) < 4.78 is 0. The van der Waals surface area contributed by atoms with E-state index >= 15 is 0 Å². The van der Waals surface area contributed by atoms with Gasteiger partial charge in [0, 0.05) is 25.4 Å². The molecule has 14 heavy (non-hydrogen) atoms. The molecule has 1 saturated carbocycles. The van der Waals surface area contributed by atoms with Crippen molar-refractivity contribution in [3.05, 3.63) is 0 Å². The van der Waals surface area contributed by atoms with Crippen LogP contribution in [0.3, 0.4) is 0 Å². The lowest BCUT2D eigenvalue weighted by atomic mass is 9.76. The van der Waals surface area contributed by atoms with Crippen LogP contribution >= 0.6 is 0 Å². The molecule has 3 nitrogen and oxygen atoms in total. The Balaban J connectivity index is 2.12. The average molecular weight is 197 g/mol. The number of carbonyl (C=O) groups is 1. The number of hydrogen-bond donors (Lipinski definition) is 1. The van der Waals surface area contributed by atoms with Gasteiger partial charge in [0.25, 0.3) is 0 Å². The molecular formula is C11H19NO2. The fourth-order valence-electron chi connectivity index (χ4n) is 3.02. The van der Waals surface area contributed by atoms with E-state index in [-0.39, 0.29) is 12.0 Å². The predicted octanol–water partition coefficient (Wildman–Crippen LogP) is 1.16. The highest BCUT2D eigenvalue weighted by molar-refractivity contribution is 5.73. The number of carbonyl (C=O) groups excluding carboxylic acids is 1. The molecule has 0 radical (unpaired) electrons. The summed E-state index contributed by atoms with van der Waals surface area (Å²) in [6, 6.07) is 0.324. The van der Waals surface area contributed by atoms with Crippen LogP contribution in [-0.4, -0.2) is 34.6 Å². The van der Waals surface area contributed by atoms with Crippen molar-refractivity contribution in [2.24, 2.45) is 5.92 Å². The van der Waals surface area contributed by atoms with Gasteiger partial charge in [0.1, 0.15) is 0 Å². The molecule has 3 heteroatoms. The minimum absolute atomic E-state index is 0.170. The van der Waals surface area contributed by atoms with Crippen molar-refractivity contribution >= 4 is 5.91 Å². The molecule has 0 spiro atoms. The third-order valence-electron chi connectivity index (χ3n) is 3.75. The number of hydrogen-bond acceptors (Lipinski definition) is 2. The van der Waals surface area contributed by atoms with Gasteiger partial charge in [-0.25, -0.2) is 0 Å². The lowest BCUT2D eigenvalue weighted by molar-refractivity contribution is -0.139. The number of rotatable bonds is 0. The Kier molecular flexibility index (Phi) is 2.77. The van der Waals surface area contributed by atoms with Crippen LogP contribution < -0.4 is 0 Å². The van der Waals surface area contributed by atoms with E-state index in [0.717, 1.165) is 25.8 Å². The first-order valence-electron chi connectivity index (χ1n) is 5.65. The molecule has 0 aromatic carbocycles. The largest absolute Gasteiger partial charge is 0.393 e. The van der Waals surface area contributed by atoms with Crippen LogP contribution in [0.4, 0.5) is 0 Å². The topological polar surface area (TPSA) is 40.5 Å². The van der Waals surface area contributed by atoms with E-state index in [9.17, 15) is 9.90 Å². The Morgan fingerprint density at radius 2 is 2.00 bits per heavy atom. The molecule has 0 aromatic heterocycles. The molecule has 1 aliphatic heterocycles. The summed E-state index contributed by atoms with van der Waals surface area (Å²) in [6.45, 7) is 2.39. The van der Waals surface area contributed by atoms with E-state index in [1.807, 2.05) is 4.90 Å². The summed E-state index contributed by atoms with van der Waals surface area (Å²) in [5.41, 5.74) is 0. The van der Waals surface area contributed by atoms with Crippen LogP contribution in [0.5, 0.6) is 0 Å². The van der Waals surface area contributed by atoms with Crippen LogP contribution in [-0.2, 0) is 4.79 Å². The molecule has 1 aliphatic carbocycles. The zero-order valence-electron chi connectivity index (χ0n) is 8.78. The fourth-order valence-corrected chi connectivity index (χ4v) is 3.02. The second kappa shape index (κ2) is 3.89. The van der Waals surface area contributed by atoms with Gasteiger partial charge in [0.05, 0.1) is 6.10 Å². The van der Waals surface area contributed by atoms with Gasteiger partial charge >= 0.3 is 0 Å². The minimum atomic E-state index is -0.170. The lowest BCUT2D eigenvalue weighted by Crippen LogP contribution is -2.54. The first kappa shape index (κ1) is 9.97. The third kappa shape index (κ3) is 1.65. The third-order valence-corrected chi connectivity index (χ3v) is 3.75. The van der Waals surface area contributed by atoms with Crippen molar-refractivity contribution in [3.63, 3.8) is 0 Å². The van der Waals surface area contributed by atoms with Crippen molar-refractivity contribution in [2.75, 3.05) is 6.54 Å². The van der Waals surface area contributed by atoms with Crippen LogP contribution in [0.1, 0.15) is 39.0 Å². The molecule has 1 heterocycles. The van der Waals surface area contributed by atoms with Gasteiger partial charge in [-0.05, 0) is 19.3 Å². The number of fused-ring (bicyclic) bond motifs is 1. The zero-order valence-corrected chi connectivity index (χ0v) is 8.78. The smallest absolute Gasteiger partial charge is 0.219 e. The Morgan fingerprint density at radius 3 is 2.71 bits per heavy atom. The Bertz CT molecular complexity index is 229. The number of piperidine rings is 1. The molecule has 3 unspecified atom stereocenters. The summed E-state index contributed by atoms with van der Waals surface area (Å²) in [6.07, 6.45) is 5.19. The number of likely N-dealkylation sites (tertiary alicyclic amines) is 1. The molecule has 1 saturated heterocycles. The Morgan fingerprint density at radius 1 is 1.29 bits per heavy atom. The molecule has 3 atom stereocenters. The number of nitrogens with zero attached hydrogens (tertiary/aromatic N) is 1. The highest BCUT2D eigenvalue weighted by atomic mass is 16.3. The van der Waals surface area contributed by atoms with Gasteiger partial charge < -0.3 is 10.0 Å². The fraction of sp³-hybridized carbons (Fsp3) is 0.909. The quantitative estimate of drug-likeness (QED) is 0.633. The normalized spacial score (nSPS) is 37.9. The van der Waals surface area contributed by atoms with Crippen molar-refractivity contribution in [1.82, 2.24) is 4.90 Å². The van der Waals surface area contributed by atoms with E-state index < -0.39 is 0 Å². The van der Waals surface area contributed by atoms with E-state index in [1.54, 1.807) is 6.92 Å². The summed E-state index contributed by atoms with van der Waals surface area (Å²) in [5, 5.41) is 9.87. The molecular weight excluding hydrogens is 178 g/mol. The second-order valence-electron chi connectivity index (χ2n) is 4.58. The maximum atomic E-state index is 11.4. The van der Waals surface area contributed by atoms with Crippen LogP contribution in [0.25, 0.3) is 0 Å². The van der Waals surface area contributed by atoms with E-state index in [4.69, 9.17) is 0 Å². The first-order valence-corrected chi connectivity index (χ1v) is 5.65. The lowest BCUT2D eigenvalue weighted by Gasteiger charge is -2.46. The number of aliphatic hydroxyl groups is 1. The number of amides is 1. The summed E-state index contributed by atoms with van der Waals surface area (Å²) in [5.74, 6) is 0.523. The van der Waals surface area contributed by atoms with Gasteiger partial charge in [-0.15, -0.1) is 0 Å². The van der Waals surface area contributed by atoms with E-state index in [0.29, 0.717) is 12.0 Å². The van der Waals surface area contributed by atoms with Crippen molar-refractivity contribution < 1.29 is 9.90 Å². The van der Waals surface area contributed by atoms with Crippen molar-refractivity contribution in [2.45, 2.75) is 51.2 Å². The standard InChI is InChI=1S/C11H19NO2/c1-8(13)12-7-6-11(14)9-4-2-3-5-10(9)12/h9-11,14H,2-7H2,1H3. The van der Waals surface area contributed by atoms with Crippen molar-refractivity contribution in [3.8, 4) is 0 Å². The number of aliphatic hydroxyl groups excluding tert-OH is 1. The van der Waals surface area contributed by atoms with Crippen molar-refractivity contribution in [1.29, 1.82) is 0 Å². The highest BCUT2D eigenvalue weighted by Gasteiger charge is 2.39. The molecule has 0 aromatic rings. The van der Waals surface area contributed by atoms with Gasteiger partial charge in [-0.1, -0.05) is 12.8 Å². The molecule has 0 bridgehead atoms. The maximum Gasteiger partial charge on any atom is 0.219 e. The summed E-state index contributed by atoms with van der Waals surface area (Å²) in [4.78, 5) is 13.4. The summed E-state index contributed by atoms with van der Waals surface area (Å²) in [7, 11) is 0. The molecule has 2 rings (SSSR count). The van der Waals surface area contributed by atoms with Gasteiger partial charge in [0.15, 0.2) is 0 Å². The average Bonchev–Trinajstić information content (AvgIpc) is 2.18. The van der Waals surface area contributed by atoms with Crippen LogP contribution in [0.2, 0.25) is 0 Å². The zero-order chi connectivity index (χ0) is 10.1. The second-order valence-corrected chi connectivity index (χ2v) is 4.58. The minimum Gasteiger partial charge on any atom is -0.393 e. The highest BCUT2D eigenvalue weighted by Crippen LogP contribution is 2.35. The Hall–Kier alpha value is -0.570. The van der Waals surface area contributed by atoms with E-state index in [1.165, 1.54) is 12.8 Å². The first-order chi connectivity index (χ1) is 6.70. The molecule has 1 N–H and O–H groups in total. The Labute approximate surface area is 85.1 Å². The van der Waals surface area contributed by atoms with Gasteiger partial charge in [-0.2, -0.15) is 0 Å². The van der Waals surface area contributed by atoms with E-state index in [2.05, 4.69) is 0 Å². The monoisotopic (exact) mass is 197 g/mol. The molecule has 2 aliphatic rings. The SMILES string of the molecule is CC(=O)N1CCC(O)C2CCCCC21. The molecule has 80 valence electrons. The summed E-state index contributed by atoms with van der Waals surface area (Å²) >= 11 is 0. The molecule has 2 fully saturated rings. The van der Waals surface area contributed by atoms with Gasteiger partial charge in [-0.3, -0.25) is 4.79 Å².